The number of hydrogen-bond donors (Lipinski definition) is 3. The number of hydrogen-bond acceptors (Lipinski definition) is 6. The summed E-state index contributed by atoms with van der Waals surface area (Å²) in [5.41, 5.74) is 5.86. The van der Waals surface area contributed by atoms with E-state index in [1.54, 1.807) is 12.1 Å². The summed E-state index contributed by atoms with van der Waals surface area (Å²) in [7, 11) is -3.82. The molecule has 1 aromatic heterocycles. The molecule has 2 aromatic rings. The Morgan fingerprint density at radius 2 is 2.12 bits per heavy atom. The first-order chi connectivity index (χ1) is 7.97. The van der Waals surface area contributed by atoms with E-state index in [0.717, 1.165) is 11.8 Å². The van der Waals surface area contributed by atoms with Crippen molar-refractivity contribution in [2.45, 2.75) is 14.9 Å². The second-order valence-electron chi connectivity index (χ2n) is 3.14. The summed E-state index contributed by atoms with van der Waals surface area (Å²) in [6.45, 7) is 0. The van der Waals surface area contributed by atoms with Crippen LogP contribution in [0.2, 0.25) is 0 Å². The van der Waals surface area contributed by atoms with Crippen molar-refractivity contribution in [2.24, 2.45) is 5.14 Å². The lowest BCUT2D eigenvalue weighted by molar-refractivity contribution is 0.596. The average Bonchev–Trinajstić information content (AvgIpc) is 2.72. The molecular weight excluding hydrogens is 262 g/mol. The van der Waals surface area contributed by atoms with E-state index in [9.17, 15) is 8.42 Å². The lowest BCUT2D eigenvalue weighted by atomic mass is 10.3. The topological polar surface area (TPSA) is 128 Å². The molecule has 0 amide bonds. The number of aromatic amines is 1. The van der Waals surface area contributed by atoms with Gasteiger partial charge in [-0.3, -0.25) is 5.10 Å². The Bertz CT molecular complexity index is 623. The summed E-state index contributed by atoms with van der Waals surface area (Å²) >= 11 is 1.11. The molecule has 1 heterocycles. The lowest BCUT2D eigenvalue weighted by Gasteiger charge is -2.06. The lowest BCUT2D eigenvalue weighted by Crippen LogP contribution is -2.13. The number of nitrogens with two attached hydrogens (primary N) is 2. The molecule has 5 N–H and O–H groups in total. The van der Waals surface area contributed by atoms with Crippen LogP contribution in [0, 0.1) is 0 Å². The molecule has 0 unspecified atom stereocenters. The third-order valence-corrected chi connectivity index (χ3v) is 3.92. The van der Waals surface area contributed by atoms with Gasteiger partial charge >= 0.3 is 0 Å². The Hall–Kier alpha value is -1.58. The Morgan fingerprint density at radius 1 is 1.35 bits per heavy atom. The van der Waals surface area contributed by atoms with E-state index >= 15 is 0 Å². The Morgan fingerprint density at radius 3 is 2.71 bits per heavy atom. The summed E-state index contributed by atoms with van der Waals surface area (Å²) in [6.07, 6.45) is 1.33. The van der Waals surface area contributed by atoms with Gasteiger partial charge in [-0.25, -0.2) is 18.5 Å². The van der Waals surface area contributed by atoms with Gasteiger partial charge in [0.15, 0.2) is 5.16 Å². The SMILES string of the molecule is Nc1ccc(Sc2ncn[nH]2)c(S(N)(=O)=O)c1. The predicted molar refractivity (Wildman–Crippen MR) is 62.7 cm³/mol. The van der Waals surface area contributed by atoms with Crippen molar-refractivity contribution >= 4 is 27.5 Å². The van der Waals surface area contributed by atoms with Crippen molar-refractivity contribution < 1.29 is 8.42 Å². The Kier molecular flexibility index (Phi) is 3.05. The summed E-state index contributed by atoms with van der Waals surface area (Å²) in [5.74, 6) is 0. The van der Waals surface area contributed by atoms with E-state index in [1.807, 2.05) is 0 Å². The monoisotopic (exact) mass is 271 g/mol. The zero-order valence-corrected chi connectivity index (χ0v) is 10.1. The number of aromatic nitrogens is 3. The molecule has 1 aromatic carbocycles. The fourth-order valence-corrected chi connectivity index (χ4v) is 3.00. The molecule has 0 aliphatic heterocycles. The molecule has 0 aliphatic rings. The van der Waals surface area contributed by atoms with Crippen LogP contribution in [-0.2, 0) is 10.0 Å². The van der Waals surface area contributed by atoms with Crippen molar-refractivity contribution in [1.29, 1.82) is 0 Å². The minimum atomic E-state index is -3.82. The number of anilines is 1. The largest absolute Gasteiger partial charge is 0.399 e. The molecule has 0 saturated carbocycles. The van der Waals surface area contributed by atoms with Gasteiger partial charge in [-0.2, -0.15) is 5.10 Å². The average molecular weight is 271 g/mol. The number of primary sulfonamides is 1. The van der Waals surface area contributed by atoms with Crippen molar-refractivity contribution in [1.82, 2.24) is 15.2 Å². The first-order valence-electron chi connectivity index (χ1n) is 4.42. The van der Waals surface area contributed by atoms with Gasteiger partial charge in [0.2, 0.25) is 10.0 Å². The zero-order valence-electron chi connectivity index (χ0n) is 8.49. The maximum absolute atomic E-state index is 11.4. The van der Waals surface area contributed by atoms with Crippen molar-refractivity contribution in [2.75, 3.05) is 5.73 Å². The van der Waals surface area contributed by atoms with Gasteiger partial charge < -0.3 is 5.73 Å². The van der Waals surface area contributed by atoms with Gasteiger partial charge in [0, 0.05) is 10.6 Å². The van der Waals surface area contributed by atoms with Crippen LogP contribution >= 0.6 is 11.8 Å². The first-order valence-corrected chi connectivity index (χ1v) is 6.78. The van der Waals surface area contributed by atoms with E-state index in [-0.39, 0.29) is 4.90 Å². The maximum atomic E-state index is 11.4. The van der Waals surface area contributed by atoms with Crippen LogP contribution in [0.1, 0.15) is 0 Å². The molecule has 7 nitrogen and oxygen atoms in total. The second kappa shape index (κ2) is 4.35. The number of benzene rings is 1. The Labute approximate surface area is 102 Å². The second-order valence-corrected chi connectivity index (χ2v) is 5.70. The number of nitrogens with one attached hydrogen (secondary N) is 1. The summed E-state index contributed by atoms with van der Waals surface area (Å²) in [5, 5.41) is 11.9. The predicted octanol–water partition coefficient (Wildman–Crippen LogP) is 0.185. The van der Waals surface area contributed by atoms with Crippen LogP contribution in [0.25, 0.3) is 0 Å². The van der Waals surface area contributed by atoms with Crippen molar-refractivity contribution in [3.8, 4) is 0 Å². The third kappa shape index (κ3) is 2.75. The summed E-state index contributed by atoms with van der Waals surface area (Å²) in [6, 6.07) is 4.48. The zero-order chi connectivity index (χ0) is 12.5. The molecule has 0 bridgehead atoms. The molecule has 0 atom stereocenters. The number of rotatable bonds is 3. The van der Waals surface area contributed by atoms with Crippen LogP contribution in [0.3, 0.4) is 0 Å². The van der Waals surface area contributed by atoms with Crippen LogP contribution in [0.15, 0.2) is 39.5 Å². The molecule has 0 aliphatic carbocycles. The smallest absolute Gasteiger partial charge is 0.239 e. The van der Waals surface area contributed by atoms with Gasteiger partial charge in [0.25, 0.3) is 0 Å². The van der Waals surface area contributed by atoms with E-state index in [1.165, 1.54) is 12.4 Å². The first kappa shape index (κ1) is 11.9. The fourth-order valence-electron chi connectivity index (χ4n) is 1.18. The standard InChI is InChI=1S/C8H9N5O2S2/c9-5-1-2-6(7(3-5)17(10,14)15)16-8-11-4-12-13-8/h1-4H,9H2,(H2,10,14,15)(H,11,12,13). The maximum Gasteiger partial charge on any atom is 0.239 e. The van der Waals surface area contributed by atoms with Crippen LogP contribution < -0.4 is 10.9 Å². The van der Waals surface area contributed by atoms with Crippen molar-refractivity contribution in [3.63, 3.8) is 0 Å². The minimum Gasteiger partial charge on any atom is -0.399 e. The van der Waals surface area contributed by atoms with Gasteiger partial charge in [-0.05, 0) is 30.0 Å². The molecule has 0 fully saturated rings. The van der Waals surface area contributed by atoms with E-state index in [4.69, 9.17) is 10.9 Å². The number of nitrogens with zero attached hydrogens (tertiary/aromatic N) is 2. The van der Waals surface area contributed by atoms with Crippen LogP contribution in [-0.4, -0.2) is 23.6 Å². The summed E-state index contributed by atoms with van der Waals surface area (Å²) < 4.78 is 22.8. The molecule has 0 spiro atoms. The van der Waals surface area contributed by atoms with Crippen LogP contribution in [0.4, 0.5) is 5.69 Å². The van der Waals surface area contributed by atoms with E-state index < -0.39 is 10.0 Å². The fraction of sp³-hybridized carbons (Fsp3) is 0. The summed E-state index contributed by atoms with van der Waals surface area (Å²) in [4.78, 5) is 4.30. The van der Waals surface area contributed by atoms with Gasteiger partial charge in [-0.1, -0.05) is 0 Å². The Balaban J connectivity index is 2.47. The van der Waals surface area contributed by atoms with Crippen molar-refractivity contribution in [3.05, 3.63) is 24.5 Å². The highest BCUT2D eigenvalue weighted by Gasteiger charge is 2.16. The molecule has 2 rings (SSSR count). The highest BCUT2D eigenvalue weighted by Crippen LogP contribution is 2.31. The molecule has 17 heavy (non-hydrogen) atoms. The normalized spacial score (nSPS) is 11.6. The molecule has 0 radical (unpaired) electrons. The van der Waals surface area contributed by atoms with E-state index in [2.05, 4.69) is 15.2 Å². The third-order valence-electron chi connectivity index (χ3n) is 1.87. The highest BCUT2D eigenvalue weighted by molar-refractivity contribution is 8.00. The molecule has 90 valence electrons. The van der Waals surface area contributed by atoms with Crippen LogP contribution in [0.5, 0.6) is 0 Å². The molecular formula is C8H9N5O2S2. The number of sulfonamides is 1. The minimum absolute atomic E-state index is 0.0288. The van der Waals surface area contributed by atoms with Gasteiger partial charge in [-0.15, -0.1) is 0 Å². The molecule has 9 heteroatoms. The van der Waals surface area contributed by atoms with Gasteiger partial charge in [0.1, 0.15) is 6.33 Å². The number of H-pyrrole nitrogens is 1. The van der Waals surface area contributed by atoms with E-state index in [0.29, 0.717) is 15.7 Å². The molecule has 0 saturated heterocycles. The quantitative estimate of drug-likeness (QED) is 0.683. The highest BCUT2D eigenvalue weighted by atomic mass is 32.2. The number of nitrogen functional groups attached to an aromatic ring is 1. The van der Waals surface area contributed by atoms with Gasteiger partial charge in [0.05, 0.1) is 4.90 Å².